The van der Waals surface area contributed by atoms with Crippen molar-refractivity contribution in [2.45, 2.75) is 18.6 Å². The molecule has 0 radical (unpaired) electrons. The summed E-state index contributed by atoms with van der Waals surface area (Å²) in [5.74, 6) is 1.23. The normalized spacial score (nSPS) is 18.2. The molecule has 1 saturated heterocycles. The lowest BCUT2D eigenvalue weighted by atomic mass is 10.2. The maximum absolute atomic E-state index is 12.0. The second-order valence-electron chi connectivity index (χ2n) is 4.48. The van der Waals surface area contributed by atoms with Crippen molar-refractivity contribution in [1.29, 1.82) is 0 Å². The van der Waals surface area contributed by atoms with Gasteiger partial charge in [0.2, 0.25) is 5.91 Å². The fourth-order valence-corrected chi connectivity index (χ4v) is 3.15. The third kappa shape index (κ3) is 3.07. The highest BCUT2D eigenvalue weighted by molar-refractivity contribution is 8.14. The summed E-state index contributed by atoms with van der Waals surface area (Å²) in [5.41, 5.74) is 0.763. The van der Waals surface area contributed by atoms with Gasteiger partial charge in [-0.05, 0) is 12.1 Å². The fraction of sp³-hybridized carbons (Fsp3) is 0.429. The van der Waals surface area contributed by atoms with E-state index in [1.165, 1.54) is 18.7 Å². The Kier molecular flexibility index (Phi) is 4.54. The van der Waals surface area contributed by atoms with Crippen LogP contribution in [0.5, 0.6) is 11.5 Å². The SMILES string of the molecule is COc1ccc(N2CC(SC(C)=O)CC2=O)cc1OC. The summed E-state index contributed by atoms with van der Waals surface area (Å²) < 4.78 is 10.4. The van der Waals surface area contributed by atoms with Crippen LogP contribution in [0, 0.1) is 0 Å². The Morgan fingerprint density at radius 2 is 2.00 bits per heavy atom. The van der Waals surface area contributed by atoms with Crippen molar-refractivity contribution < 1.29 is 19.1 Å². The minimum atomic E-state index is 0.0214. The Morgan fingerprint density at radius 3 is 2.60 bits per heavy atom. The summed E-state index contributed by atoms with van der Waals surface area (Å²) in [6.07, 6.45) is 0.387. The van der Waals surface area contributed by atoms with Crippen LogP contribution in [-0.2, 0) is 9.59 Å². The van der Waals surface area contributed by atoms with Crippen molar-refractivity contribution >= 4 is 28.5 Å². The first-order chi connectivity index (χ1) is 9.55. The van der Waals surface area contributed by atoms with Crippen LogP contribution in [0.3, 0.4) is 0 Å². The van der Waals surface area contributed by atoms with E-state index in [2.05, 4.69) is 0 Å². The molecule has 1 aromatic rings. The standard InChI is InChI=1S/C14H17NO4S/c1-9(16)20-11-7-14(17)15(8-11)10-4-5-12(18-2)13(6-10)19-3/h4-6,11H,7-8H2,1-3H3. The van der Waals surface area contributed by atoms with Crippen LogP contribution in [0.2, 0.25) is 0 Å². The van der Waals surface area contributed by atoms with Gasteiger partial charge < -0.3 is 14.4 Å². The maximum atomic E-state index is 12.0. The molecular weight excluding hydrogens is 278 g/mol. The van der Waals surface area contributed by atoms with E-state index >= 15 is 0 Å². The second-order valence-corrected chi connectivity index (χ2v) is 5.96. The van der Waals surface area contributed by atoms with Gasteiger partial charge in [0, 0.05) is 36.9 Å². The first kappa shape index (κ1) is 14.7. The monoisotopic (exact) mass is 295 g/mol. The first-order valence-corrected chi connectivity index (χ1v) is 7.12. The van der Waals surface area contributed by atoms with Gasteiger partial charge in [-0.1, -0.05) is 11.8 Å². The van der Waals surface area contributed by atoms with Crippen LogP contribution < -0.4 is 14.4 Å². The summed E-state index contributed by atoms with van der Waals surface area (Å²) in [4.78, 5) is 24.9. The lowest BCUT2D eigenvalue weighted by Crippen LogP contribution is -2.24. The van der Waals surface area contributed by atoms with E-state index in [1.807, 2.05) is 6.07 Å². The number of thioether (sulfide) groups is 1. The molecule has 6 heteroatoms. The summed E-state index contributed by atoms with van der Waals surface area (Å²) in [6.45, 7) is 2.06. The van der Waals surface area contributed by atoms with Gasteiger partial charge >= 0.3 is 0 Å². The number of amides is 1. The van der Waals surface area contributed by atoms with E-state index in [9.17, 15) is 9.59 Å². The Morgan fingerprint density at radius 1 is 1.30 bits per heavy atom. The summed E-state index contributed by atoms with van der Waals surface area (Å²) in [5, 5.41) is 0.0602. The molecule has 0 aliphatic carbocycles. The molecule has 0 bridgehead atoms. The third-order valence-corrected chi connectivity index (χ3v) is 4.08. The van der Waals surface area contributed by atoms with Crippen LogP contribution in [-0.4, -0.2) is 37.0 Å². The van der Waals surface area contributed by atoms with Gasteiger partial charge in [-0.15, -0.1) is 0 Å². The zero-order chi connectivity index (χ0) is 14.7. The lowest BCUT2D eigenvalue weighted by molar-refractivity contribution is -0.117. The highest BCUT2D eigenvalue weighted by atomic mass is 32.2. The van der Waals surface area contributed by atoms with Gasteiger partial charge in [0.15, 0.2) is 16.6 Å². The number of rotatable bonds is 4. The van der Waals surface area contributed by atoms with E-state index in [-0.39, 0.29) is 16.3 Å². The maximum Gasteiger partial charge on any atom is 0.228 e. The van der Waals surface area contributed by atoms with Gasteiger partial charge in [0.25, 0.3) is 0 Å². The van der Waals surface area contributed by atoms with Gasteiger partial charge in [-0.2, -0.15) is 0 Å². The quantitative estimate of drug-likeness (QED) is 0.851. The molecule has 0 aromatic heterocycles. The molecule has 2 rings (SSSR count). The predicted octanol–water partition coefficient (Wildman–Crippen LogP) is 2.09. The Bertz CT molecular complexity index is 532. The van der Waals surface area contributed by atoms with E-state index in [4.69, 9.17) is 9.47 Å². The molecule has 20 heavy (non-hydrogen) atoms. The number of ether oxygens (including phenoxy) is 2. The number of anilines is 1. The molecule has 108 valence electrons. The Hall–Kier alpha value is -1.69. The molecule has 0 spiro atoms. The average Bonchev–Trinajstić information content (AvgIpc) is 2.77. The second kappa shape index (κ2) is 6.17. The lowest BCUT2D eigenvalue weighted by Gasteiger charge is -2.18. The van der Waals surface area contributed by atoms with Crippen molar-refractivity contribution in [2.75, 3.05) is 25.7 Å². The molecule has 1 amide bonds. The molecule has 1 aromatic carbocycles. The molecule has 1 unspecified atom stereocenters. The van der Waals surface area contributed by atoms with E-state index < -0.39 is 0 Å². The first-order valence-electron chi connectivity index (χ1n) is 6.24. The topological polar surface area (TPSA) is 55.8 Å². The molecule has 1 aliphatic heterocycles. The van der Waals surface area contributed by atoms with Gasteiger partial charge in [0.05, 0.1) is 14.2 Å². The van der Waals surface area contributed by atoms with Gasteiger partial charge in [-0.25, -0.2) is 0 Å². The summed E-state index contributed by atoms with van der Waals surface area (Å²) in [6, 6.07) is 5.37. The van der Waals surface area contributed by atoms with Crippen molar-refractivity contribution in [3.8, 4) is 11.5 Å². The van der Waals surface area contributed by atoms with Gasteiger partial charge in [0.1, 0.15) is 0 Å². The number of carbonyl (C=O) groups is 2. The van der Waals surface area contributed by atoms with Gasteiger partial charge in [-0.3, -0.25) is 9.59 Å². The number of methoxy groups -OCH3 is 2. The van der Waals surface area contributed by atoms with Crippen molar-refractivity contribution in [1.82, 2.24) is 0 Å². The number of nitrogens with zero attached hydrogens (tertiary/aromatic N) is 1. The molecular formula is C14H17NO4S. The zero-order valence-corrected chi connectivity index (χ0v) is 12.5. The summed E-state index contributed by atoms with van der Waals surface area (Å²) in [7, 11) is 3.12. The molecule has 0 N–H and O–H groups in total. The van der Waals surface area contributed by atoms with Crippen LogP contribution >= 0.6 is 11.8 Å². The minimum Gasteiger partial charge on any atom is -0.493 e. The van der Waals surface area contributed by atoms with Crippen LogP contribution in [0.25, 0.3) is 0 Å². The largest absolute Gasteiger partial charge is 0.493 e. The van der Waals surface area contributed by atoms with Crippen LogP contribution in [0.15, 0.2) is 18.2 Å². The summed E-state index contributed by atoms with van der Waals surface area (Å²) >= 11 is 1.22. The molecule has 1 atom stereocenters. The number of carbonyl (C=O) groups excluding carboxylic acids is 2. The number of hydrogen-bond acceptors (Lipinski definition) is 5. The molecule has 0 saturated carbocycles. The molecule has 1 aliphatic rings. The van der Waals surface area contributed by atoms with Crippen molar-refractivity contribution in [3.63, 3.8) is 0 Å². The molecule has 1 heterocycles. The fourth-order valence-electron chi connectivity index (χ4n) is 2.23. The van der Waals surface area contributed by atoms with Crippen LogP contribution in [0.1, 0.15) is 13.3 Å². The zero-order valence-electron chi connectivity index (χ0n) is 11.7. The van der Waals surface area contributed by atoms with E-state index in [0.29, 0.717) is 24.5 Å². The predicted molar refractivity (Wildman–Crippen MR) is 78.6 cm³/mol. The average molecular weight is 295 g/mol. The smallest absolute Gasteiger partial charge is 0.228 e. The molecule has 1 fully saturated rings. The highest BCUT2D eigenvalue weighted by Crippen LogP contribution is 2.34. The van der Waals surface area contributed by atoms with Crippen LogP contribution in [0.4, 0.5) is 5.69 Å². The van der Waals surface area contributed by atoms with Crippen molar-refractivity contribution in [2.24, 2.45) is 0 Å². The Balaban J connectivity index is 2.19. The van der Waals surface area contributed by atoms with Crippen molar-refractivity contribution in [3.05, 3.63) is 18.2 Å². The third-order valence-electron chi connectivity index (χ3n) is 3.10. The number of hydrogen-bond donors (Lipinski definition) is 0. The minimum absolute atomic E-state index is 0.0214. The van der Waals surface area contributed by atoms with E-state index in [0.717, 1.165) is 5.69 Å². The number of benzene rings is 1. The molecule has 5 nitrogen and oxygen atoms in total. The Labute approximate surface area is 122 Å². The highest BCUT2D eigenvalue weighted by Gasteiger charge is 2.32. The van der Waals surface area contributed by atoms with E-state index in [1.54, 1.807) is 31.3 Å².